The van der Waals surface area contributed by atoms with Crippen molar-refractivity contribution in [2.75, 3.05) is 53.5 Å². The third-order valence-electron chi connectivity index (χ3n) is 11.3. The predicted octanol–water partition coefficient (Wildman–Crippen LogP) is 9.96. The fraction of sp³-hybridized carbons (Fsp3) is 0.346. The number of carbonyl (C=O) groups excluding carboxylic acids is 2. The van der Waals surface area contributed by atoms with E-state index in [2.05, 4.69) is 69.0 Å². The van der Waals surface area contributed by atoms with Gasteiger partial charge in [0.1, 0.15) is 11.5 Å². The van der Waals surface area contributed by atoms with Gasteiger partial charge in [-0.1, -0.05) is 124 Å². The van der Waals surface area contributed by atoms with E-state index in [1.807, 2.05) is 84.9 Å². The molecule has 8 heteroatoms. The van der Waals surface area contributed by atoms with Crippen molar-refractivity contribution in [2.45, 2.75) is 65.5 Å². The van der Waals surface area contributed by atoms with Crippen molar-refractivity contribution in [2.24, 2.45) is 0 Å². The van der Waals surface area contributed by atoms with E-state index in [1.54, 1.807) is 14.2 Å². The Labute approximate surface area is 357 Å². The number of nitrogens with one attached hydrogen (secondary N) is 2. The Morgan fingerprint density at radius 3 is 1.22 bits per heavy atom. The van der Waals surface area contributed by atoms with Crippen molar-refractivity contribution in [1.82, 2.24) is 20.4 Å². The zero-order valence-electron chi connectivity index (χ0n) is 33.9. The van der Waals surface area contributed by atoms with Gasteiger partial charge in [0, 0.05) is 13.1 Å². The van der Waals surface area contributed by atoms with E-state index >= 15 is 0 Å². The number of rotatable bonds is 14. The summed E-state index contributed by atoms with van der Waals surface area (Å²) in [6, 6.07) is 45.0. The van der Waals surface area contributed by atoms with Gasteiger partial charge in [0.05, 0.1) is 39.1 Å². The highest BCUT2D eigenvalue weighted by Gasteiger charge is 2.22. The minimum Gasteiger partial charge on any atom is -0.497 e. The van der Waals surface area contributed by atoms with E-state index in [0.717, 1.165) is 83.4 Å². The topological polar surface area (TPSA) is 83.1 Å². The Morgan fingerprint density at radius 2 is 0.850 bits per heavy atom. The molecule has 2 heterocycles. The zero-order chi connectivity index (χ0) is 40.1. The minimum atomic E-state index is 0. The summed E-state index contributed by atoms with van der Waals surface area (Å²) in [6.45, 7) is 6.21. The highest BCUT2D eigenvalue weighted by molar-refractivity contribution is 5.87. The number of methoxy groups -OCH3 is 2. The van der Waals surface area contributed by atoms with Gasteiger partial charge >= 0.3 is 0 Å². The molecule has 0 radical (unpaired) electrons. The molecule has 316 valence electrons. The second-order valence-corrected chi connectivity index (χ2v) is 15.5. The summed E-state index contributed by atoms with van der Waals surface area (Å²) in [5.41, 5.74) is 4.37. The molecule has 2 atom stereocenters. The summed E-state index contributed by atoms with van der Waals surface area (Å²) < 4.78 is 10.6. The first kappa shape index (κ1) is 45.4. The summed E-state index contributed by atoms with van der Waals surface area (Å²) in [6.07, 6.45) is 5.75. The predicted molar refractivity (Wildman–Crippen MR) is 248 cm³/mol. The quantitative estimate of drug-likeness (QED) is 0.114. The lowest BCUT2D eigenvalue weighted by molar-refractivity contribution is -0.122. The van der Waals surface area contributed by atoms with Crippen LogP contribution in [0.25, 0.3) is 21.5 Å². The van der Waals surface area contributed by atoms with Gasteiger partial charge in [0.25, 0.3) is 0 Å². The Hall–Kier alpha value is -5.70. The number of benzene rings is 6. The van der Waals surface area contributed by atoms with E-state index in [9.17, 15) is 9.59 Å². The SMILES string of the molecule is C.C.COc1ccc2cc(CC(=O)N[C@H](CN3CCCC3)c3ccccc3)ccc2c1.COc1ccc2cc(CC(=O)N[C@H](CN3CCCC3)c3ccccc3)ccc2c1. The first-order chi connectivity index (χ1) is 28.4. The average molecular weight is 809 g/mol. The van der Waals surface area contributed by atoms with E-state index in [1.165, 1.54) is 36.8 Å². The Balaban J connectivity index is 0.000000220. The molecular formula is C52H64N4O4. The van der Waals surface area contributed by atoms with Gasteiger partial charge in [-0.15, -0.1) is 0 Å². The maximum absolute atomic E-state index is 12.9. The van der Waals surface area contributed by atoms with Gasteiger partial charge in [-0.2, -0.15) is 0 Å². The lowest BCUT2D eigenvalue weighted by Gasteiger charge is -2.25. The fourth-order valence-electron chi connectivity index (χ4n) is 8.17. The number of amides is 2. The standard InChI is InChI=1S/2C25H28N2O2.2CH4/c2*1-29-23-12-11-21-15-19(9-10-22(21)17-23)16-25(28)26-24(18-27-13-5-6-14-27)20-7-3-2-4-8-20;;/h2*2-4,7-12,15,17,24H,5-6,13-14,16,18H2,1H3,(H,26,28);2*1H4/t2*24-;;/m11../s1. The van der Waals surface area contributed by atoms with Gasteiger partial charge in [-0.05, 0) is 120 Å². The number of hydrogen-bond donors (Lipinski definition) is 2. The van der Waals surface area contributed by atoms with Gasteiger partial charge in [0.15, 0.2) is 0 Å². The molecule has 60 heavy (non-hydrogen) atoms. The summed E-state index contributed by atoms with van der Waals surface area (Å²) in [7, 11) is 3.34. The van der Waals surface area contributed by atoms with E-state index < -0.39 is 0 Å². The molecule has 8 rings (SSSR count). The summed E-state index contributed by atoms with van der Waals surface area (Å²) in [4.78, 5) is 30.6. The number of carbonyl (C=O) groups is 2. The van der Waals surface area contributed by atoms with Crippen LogP contribution in [0.1, 0.15) is 74.9 Å². The van der Waals surface area contributed by atoms with Crippen molar-refractivity contribution in [3.63, 3.8) is 0 Å². The first-order valence-electron chi connectivity index (χ1n) is 20.7. The van der Waals surface area contributed by atoms with Crippen LogP contribution >= 0.6 is 0 Å². The largest absolute Gasteiger partial charge is 0.497 e. The van der Waals surface area contributed by atoms with E-state index in [4.69, 9.17) is 9.47 Å². The highest BCUT2D eigenvalue weighted by Crippen LogP contribution is 2.25. The van der Waals surface area contributed by atoms with Crippen LogP contribution in [-0.4, -0.2) is 75.1 Å². The molecule has 2 aliphatic rings. The fourth-order valence-corrected chi connectivity index (χ4v) is 8.17. The zero-order valence-corrected chi connectivity index (χ0v) is 33.9. The highest BCUT2D eigenvalue weighted by atomic mass is 16.5. The smallest absolute Gasteiger partial charge is 0.224 e. The van der Waals surface area contributed by atoms with Crippen LogP contribution in [0.15, 0.2) is 133 Å². The molecule has 2 N–H and O–H groups in total. The molecule has 6 aromatic rings. The van der Waals surface area contributed by atoms with Crippen molar-refractivity contribution in [3.8, 4) is 11.5 Å². The second kappa shape index (κ2) is 22.6. The molecule has 0 bridgehead atoms. The Kier molecular flexibility index (Phi) is 17.1. The lowest BCUT2D eigenvalue weighted by atomic mass is 10.0. The molecule has 2 fully saturated rings. The molecule has 0 unspecified atom stereocenters. The van der Waals surface area contributed by atoms with Gasteiger partial charge < -0.3 is 29.9 Å². The third kappa shape index (κ3) is 12.7. The Morgan fingerprint density at radius 1 is 0.500 bits per heavy atom. The number of likely N-dealkylation sites (tertiary alicyclic amines) is 2. The molecule has 2 aliphatic heterocycles. The van der Waals surface area contributed by atoms with Crippen LogP contribution in [0.5, 0.6) is 11.5 Å². The minimum absolute atomic E-state index is 0. The second-order valence-electron chi connectivity index (χ2n) is 15.5. The number of ether oxygens (including phenoxy) is 2. The van der Waals surface area contributed by atoms with Crippen LogP contribution in [-0.2, 0) is 22.4 Å². The van der Waals surface area contributed by atoms with E-state index in [-0.39, 0.29) is 38.8 Å². The normalized spacial score (nSPS) is 14.8. The van der Waals surface area contributed by atoms with Gasteiger partial charge in [-0.3, -0.25) is 9.59 Å². The van der Waals surface area contributed by atoms with Crippen molar-refractivity contribution in [1.29, 1.82) is 0 Å². The number of fused-ring (bicyclic) bond motifs is 2. The summed E-state index contributed by atoms with van der Waals surface area (Å²) in [5.74, 6) is 1.81. The molecule has 2 amide bonds. The monoisotopic (exact) mass is 808 g/mol. The summed E-state index contributed by atoms with van der Waals surface area (Å²) in [5, 5.41) is 11.0. The van der Waals surface area contributed by atoms with E-state index in [0.29, 0.717) is 12.8 Å². The lowest BCUT2D eigenvalue weighted by Crippen LogP contribution is -2.37. The summed E-state index contributed by atoms with van der Waals surface area (Å²) >= 11 is 0. The van der Waals surface area contributed by atoms with Gasteiger partial charge in [0.2, 0.25) is 11.8 Å². The number of hydrogen-bond acceptors (Lipinski definition) is 6. The average Bonchev–Trinajstić information content (AvgIpc) is 3.99. The molecular weight excluding hydrogens is 745 g/mol. The molecule has 0 aromatic heterocycles. The number of nitrogens with zero attached hydrogens (tertiary/aromatic N) is 2. The maximum Gasteiger partial charge on any atom is 0.224 e. The Bertz CT molecular complexity index is 2090. The third-order valence-corrected chi connectivity index (χ3v) is 11.3. The molecule has 0 aliphatic carbocycles. The van der Waals surface area contributed by atoms with Gasteiger partial charge in [-0.25, -0.2) is 0 Å². The molecule has 0 spiro atoms. The van der Waals surface area contributed by atoms with Crippen LogP contribution in [0.4, 0.5) is 0 Å². The molecule has 0 saturated carbocycles. The van der Waals surface area contributed by atoms with Crippen LogP contribution in [0.3, 0.4) is 0 Å². The molecule has 2 saturated heterocycles. The van der Waals surface area contributed by atoms with Crippen molar-refractivity contribution in [3.05, 3.63) is 156 Å². The molecule has 8 nitrogen and oxygen atoms in total. The van der Waals surface area contributed by atoms with Crippen LogP contribution < -0.4 is 20.1 Å². The molecule has 6 aromatic carbocycles. The van der Waals surface area contributed by atoms with Crippen molar-refractivity contribution >= 4 is 33.4 Å². The van der Waals surface area contributed by atoms with Crippen LogP contribution in [0.2, 0.25) is 0 Å². The first-order valence-corrected chi connectivity index (χ1v) is 20.7. The van der Waals surface area contributed by atoms with Crippen molar-refractivity contribution < 1.29 is 19.1 Å². The maximum atomic E-state index is 12.9. The van der Waals surface area contributed by atoms with Crippen LogP contribution in [0, 0.1) is 0 Å².